The van der Waals surface area contributed by atoms with Crippen LogP contribution in [0.15, 0.2) is 53.8 Å². The van der Waals surface area contributed by atoms with Crippen molar-refractivity contribution in [1.29, 1.82) is 0 Å². The molecule has 4 rings (SSSR count). The number of sulfonamides is 1. The number of benzene rings is 1. The summed E-state index contributed by atoms with van der Waals surface area (Å²) in [5.74, 6) is 0.170. The van der Waals surface area contributed by atoms with Gasteiger partial charge in [0.1, 0.15) is 0 Å². The second-order valence-corrected chi connectivity index (χ2v) is 7.62. The molecule has 1 aromatic carbocycles. The summed E-state index contributed by atoms with van der Waals surface area (Å²) in [5, 5.41) is 8.44. The minimum Gasteiger partial charge on any atom is -0.282 e. The lowest BCUT2D eigenvalue weighted by atomic mass is 10.1. The van der Waals surface area contributed by atoms with Gasteiger partial charge in [-0.05, 0) is 24.6 Å². The highest BCUT2D eigenvalue weighted by molar-refractivity contribution is 7.89. The van der Waals surface area contributed by atoms with Crippen LogP contribution in [0.2, 0.25) is 0 Å². The number of hydrogen-bond acceptors (Lipinski definition) is 4. The summed E-state index contributed by atoms with van der Waals surface area (Å²) in [7, 11) is -3.52. The quantitative estimate of drug-likeness (QED) is 0.799. The first-order valence-corrected chi connectivity index (χ1v) is 8.92. The van der Waals surface area contributed by atoms with Crippen LogP contribution in [-0.2, 0) is 10.0 Å². The molecule has 0 aliphatic carbocycles. The van der Waals surface area contributed by atoms with Crippen LogP contribution >= 0.6 is 0 Å². The third kappa shape index (κ3) is 2.42. The number of aromatic nitrogens is 3. The smallest absolute Gasteiger partial charge is 0.243 e. The lowest BCUT2D eigenvalue weighted by molar-refractivity contribution is 0.473. The van der Waals surface area contributed by atoms with Crippen LogP contribution in [0.1, 0.15) is 18.0 Å². The summed E-state index contributed by atoms with van der Waals surface area (Å²) in [4.78, 5) is 4.41. The summed E-state index contributed by atoms with van der Waals surface area (Å²) < 4.78 is 27.6. The van der Waals surface area contributed by atoms with Crippen LogP contribution in [0.3, 0.4) is 0 Å². The zero-order chi connectivity index (χ0) is 15.9. The normalized spacial score (nSPS) is 19.4. The molecular weight excluding hydrogens is 312 g/mol. The molecule has 0 amide bonds. The Morgan fingerprint density at radius 2 is 2.09 bits per heavy atom. The van der Waals surface area contributed by atoms with Gasteiger partial charge in [0.25, 0.3) is 0 Å². The molecule has 1 N–H and O–H groups in total. The van der Waals surface area contributed by atoms with E-state index in [1.807, 2.05) is 12.1 Å². The van der Waals surface area contributed by atoms with Crippen molar-refractivity contribution in [1.82, 2.24) is 19.5 Å². The Labute approximate surface area is 134 Å². The average Bonchev–Trinajstić information content (AvgIpc) is 3.25. The Hall–Kier alpha value is -2.25. The van der Waals surface area contributed by atoms with Gasteiger partial charge in [0.05, 0.1) is 4.90 Å². The molecule has 1 saturated heterocycles. The molecule has 23 heavy (non-hydrogen) atoms. The van der Waals surface area contributed by atoms with E-state index in [2.05, 4.69) is 15.2 Å². The van der Waals surface area contributed by atoms with Crippen molar-refractivity contribution in [2.75, 3.05) is 13.1 Å². The monoisotopic (exact) mass is 328 g/mol. The second-order valence-electron chi connectivity index (χ2n) is 5.71. The zero-order valence-electron chi connectivity index (χ0n) is 12.4. The molecule has 2 aromatic heterocycles. The molecule has 0 bridgehead atoms. The van der Waals surface area contributed by atoms with Crippen molar-refractivity contribution < 1.29 is 8.42 Å². The van der Waals surface area contributed by atoms with E-state index in [0.717, 1.165) is 17.5 Å². The van der Waals surface area contributed by atoms with Crippen molar-refractivity contribution in [3.63, 3.8) is 0 Å². The molecule has 3 aromatic rings. The van der Waals surface area contributed by atoms with Gasteiger partial charge in [-0.3, -0.25) is 10.1 Å². The fourth-order valence-corrected chi connectivity index (χ4v) is 4.87. The predicted octanol–water partition coefficient (Wildman–Crippen LogP) is 2.14. The number of nitrogens with zero attached hydrogens (tertiary/aromatic N) is 3. The molecule has 1 aliphatic heterocycles. The third-order valence-corrected chi connectivity index (χ3v) is 6.29. The van der Waals surface area contributed by atoms with E-state index < -0.39 is 10.0 Å². The van der Waals surface area contributed by atoms with E-state index in [1.54, 1.807) is 41.1 Å². The summed E-state index contributed by atoms with van der Waals surface area (Å²) in [6.45, 7) is 0.999. The van der Waals surface area contributed by atoms with E-state index in [4.69, 9.17) is 0 Å². The SMILES string of the molecule is O=S(=O)(c1cccc2cnccc12)N1CCC(c2ccn[nH]2)C1. The Bertz CT molecular complexity index is 932. The molecule has 0 radical (unpaired) electrons. The first kappa shape index (κ1) is 14.3. The molecule has 6 nitrogen and oxygen atoms in total. The molecule has 3 heterocycles. The van der Waals surface area contributed by atoms with Gasteiger partial charge in [-0.25, -0.2) is 8.42 Å². The topological polar surface area (TPSA) is 79.0 Å². The number of fused-ring (bicyclic) bond motifs is 1. The molecule has 0 spiro atoms. The van der Waals surface area contributed by atoms with Crippen molar-refractivity contribution >= 4 is 20.8 Å². The number of aromatic amines is 1. The van der Waals surface area contributed by atoms with Crippen LogP contribution in [0.25, 0.3) is 10.8 Å². The highest BCUT2D eigenvalue weighted by Crippen LogP contribution is 2.32. The first-order chi connectivity index (χ1) is 11.2. The second kappa shape index (κ2) is 5.43. The van der Waals surface area contributed by atoms with Crippen molar-refractivity contribution in [3.05, 3.63) is 54.6 Å². The highest BCUT2D eigenvalue weighted by atomic mass is 32.2. The van der Waals surface area contributed by atoms with Crippen LogP contribution in [0.5, 0.6) is 0 Å². The van der Waals surface area contributed by atoms with E-state index in [-0.39, 0.29) is 5.92 Å². The lowest BCUT2D eigenvalue weighted by Crippen LogP contribution is -2.28. The molecule has 7 heteroatoms. The van der Waals surface area contributed by atoms with Crippen LogP contribution in [0, 0.1) is 0 Å². The van der Waals surface area contributed by atoms with Gasteiger partial charge in [0, 0.05) is 54.1 Å². The zero-order valence-corrected chi connectivity index (χ0v) is 13.2. The van der Waals surface area contributed by atoms with Gasteiger partial charge in [0.2, 0.25) is 10.0 Å². The van der Waals surface area contributed by atoms with E-state index >= 15 is 0 Å². The number of rotatable bonds is 3. The summed E-state index contributed by atoms with van der Waals surface area (Å²) in [6.07, 6.45) is 5.81. The van der Waals surface area contributed by atoms with Crippen LogP contribution in [-0.4, -0.2) is 41.0 Å². The average molecular weight is 328 g/mol. The van der Waals surface area contributed by atoms with Crippen molar-refractivity contribution in [2.24, 2.45) is 0 Å². The first-order valence-electron chi connectivity index (χ1n) is 7.48. The van der Waals surface area contributed by atoms with Crippen LogP contribution in [0.4, 0.5) is 0 Å². The largest absolute Gasteiger partial charge is 0.282 e. The maximum atomic E-state index is 13.0. The van der Waals surface area contributed by atoms with E-state index in [0.29, 0.717) is 23.4 Å². The molecule has 1 unspecified atom stereocenters. The van der Waals surface area contributed by atoms with Crippen molar-refractivity contribution in [2.45, 2.75) is 17.2 Å². The van der Waals surface area contributed by atoms with Gasteiger partial charge < -0.3 is 0 Å². The molecule has 1 aliphatic rings. The van der Waals surface area contributed by atoms with Crippen molar-refractivity contribution in [3.8, 4) is 0 Å². The fourth-order valence-electron chi connectivity index (χ4n) is 3.15. The molecule has 118 valence electrons. The van der Waals surface area contributed by atoms with E-state index in [1.165, 1.54) is 0 Å². The Morgan fingerprint density at radius 3 is 2.91 bits per heavy atom. The minimum atomic E-state index is -3.52. The maximum absolute atomic E-state index is 13.0. The minimum absolute atomic E-state index is 0.170. The summed E-state index contributed by atoms with van der Waals surface area (Å²) >= 11 is 0. The van der Waals surface area contributed by atoms with E-state index in [9.17, 15) is 8.42 Å². The molecule has 1 fully saturated rings. The lowest BCUT2D eigenvalue weighted by Gasteiger charge is -2.17. The van der Waals surface area contributed by atoms with Crippen LogP contribution < -0.4 is 0 Å². The Kier molecular flexibility index (Phi) is 3.39. The molecular formula is C16H16N4O2S. The van der Waals surface area contributed by atoms with Gasteiger partial charge in [-0.1, -0.05) is 12.1 Å². The predicted molar refractivity (Wildman–Crippen MR) is 86.4 cm³/mol. The van der Waals surface area contributed by atoms with Gasteiger partial charge in [-0.15, -0.1) is 0 Å². The van der Waals surface area contributed by atoms with Gasteiger partial charge in [-0.2, -0.15) is 9.40 Å². The maximum Gasteiger partial charge on any atom is 0.243 e. The Balaban J connectivity index is 1.70. The molecule has 0 saturated carbocycles. The highest BCUT2D eigenvalue weighted by Gasteiger charge is 2.34. The Morgan fingerprint density at radius 1 is 1.17 bits per heavy atom. The number of H-pyrrole nitrogens is 1. The number of nitrogens with one attached hydrogen (secondary N) is 1. The fraction of sp³-hybridized carbons (Fsp3) is 0.250. The number of hydrogen-bond donors (Lipinski definition) is 1. The van der Waals surface area contributed by atoms with Gasteiger partial charge in [0.15, 0.2) is 0 Å². The summed E-state index contributed by atoms with van der Waals surface area (Å²) in [5.41, 5.74) is 0.991. The number of pyridine rings is 1. The third-order valence-electron chi connectivity index (χ3n) is 4.37. The molecule has 1 atom stereocenters. The van der Waals surface area contributed by atoms with Gasteiger partial charge >= 0.3 is 0 Å². The standard InChI is InChI=1S/C16H16N4O2S/c21-23(22,16-3-1-2-12-10-17-7-4-14(12)16)20-9-6-13(11-20)15-5-8-18-19-15/h1-5,7-8,10,13H,6,9,11H2,(H,18,19). The summed E-state index contributed by atoms with van der Waals surface area (Å²) in [6, 6.07) is 8.97.